The Hall–Kier alpha value is -1.65. The van der Waals surface area contributed by atoms with Crippen molar-refractivity contribution in [3.63, 3.8) is 0 Å². The average molecular weight is 526 g/mol. The SMILES string of the molecule is CCNC(=NCC1CCCN(c2nccn3cnnc23)C1)N1CCC(C)(CC)C1.I. The van der Waals surface area contributed by atoms with Crippen LogP contribution in [0.5, 0.6) is 0 Å². The lowest BCUT2D eigenvalue weighted by Gasteiger charge is -2.33. The van der Waals surface area contributed by atoms with E-state index in [1.54, 1.807) is 6.33 Å². The third-order valence-electron chi connectivity index (χ3n) is 6.56. The van der Waals surface area contributed by atoms with Crippen LogP contribution in [0.25, 0.3) is 5.65 Å². The van der Waals surface area contributed by atoms with Crippen molar-refractivity contribution in [1.29, 1.82) is 0 Å². The molecule has 0 aromatic carbocycles. The van der Waals surface area contributed by atoms with Crippen LogP contribution in [0.1, 0.15) is 46.5 Å². The Labute approximate surface area is 196 Å². The molecule has 0 aliphatic carbocycles. The number of aliphatic imine (C=N–C) groups is 1. The third-order valence-corrected chi connectivity index (χ3v) is 6.56. The number of aromatic nitrogens is 4. The van der Waals surface area contributed by atoms with E-state index in [-0.39, 0.29) is 24.0 Å². The van der Waals surface area contributed by atoms with Gasteiger partial charge in [0, 0.05) is 51.7 Å². The molecular formula is C21H35IN8. The van der Waals surface area contributed by atoms with Gasteiger partial charge in [0.25, 0.3) is 0 Å². The number of fused-ring (bicyclic) bond motifs is 1. The highest BCUT2D eigenvalue weighted by Gasteiger charge is 2.33. The minimum Gasteiger partial charge on any atom is -0.357 e. The number of guanidine groups is 1. The minimum atomic E-state index is 0. The molecule has 0 amide bonds. The molecular weight excluding hydrogens is 491 g/mol. The Morgan fingerprint density at radius 3 is 2.97 bits per heavy atom. The van der Waals surface area contributed by atoms with E-state index in [1.807, 2.05) is 16.8 Å². The fourth-order valence-corrected chi connectivity index (χ4v) is 4.51. The van der Waals surface area contributed by atoms with E-state index in [2.05, 4.69) is 51.1 Å². The zero-order valence-electron chi connectivity index (χ0n) is 18.4. The number of likely N-dealkylation sites (tertiary alicyclic amines) is 1. The van der Waals surface area contributed by atoms with Gasteiger partial charge in [-0.15, -0.1) is 34.2 Å². The highest BCUT2D eigenvalue weighted by atomic mass is 127. The second-order valence-corrected chi connectivity index (χ2v) is 8.80. The van der Waals surface area contributed by atoms with Crippen LogP contribution in [0.15, 0.2) is 23.7 Å². The summed E-state index contributed by atoms with van der Waals surface area (Å²) in [4.78, 5) is 14.4. The van der Waals surface area contributed by atoms with Crippen molar-refractivity contribution in [1.82, 2.24) is 29.8 Å². The van der Waals surface area contributed by atoms with Crippen molar-refractivity contribution >= 4 is 41.4 Å². The van der Waals surface area contributed by atoms with E-state index >= 15 is 0 Å². The summed E-state index contributed by atoms with van der Waals surface area (Å²) in [6.07, 6.45) is 10.3. The number of anilines is 1. The van der Waals surface area contributed by atoms with Gasteiger partial charge in [0.05, 0.1) is 0 Å². The zero-order valence-corrected chi connectivity index (χ0v) is 20.7. The first kappa shape index (κ1) is 23.0. The number of hydrogen-bond acceptors (Lipinski definition) is 5. The van der Waals surface area contributed by atoms with Crippen LogP contribution in [0.3, 0.4) is 0 Å². The summed E-state index contributed by atoms with van der Waals surface area (Å²) in [6, 6.07) is 0. The van der Waals surface area contributed by atoms with Crippen LogP contribution in [0, 0.1) is 11.3 Å². The van der Waals surface area contributed by atoms with Crippen molar-refractivity contribution < 1.29 is 0 Å². The van der Waals surface area contributed by atoms with Crippen LogP contribution in [-0.4, -0.2) is 69.7 Å². The molecule has 9 heteroatoms. The molecule has 2 fully saturated rings. The smallest absolute Gasteiger partial charge is 0.203 e. The maximum atomic E-state index is 5.05. The van der Waals surface area contributed by atoms with Crippen molar-refractivity contribution in [2.75, 3.05) is 44.2 Å². The van der Waals surface area contributed by atoms with E-state index in [9.17, 15) is 0 Å². The first-order valence-electron chi connectivity index (χ1n) is 11.0. The van der Waals surface area contributed by atoms with Crippen molar-refractivity contribution in [2.24, 2.45) is 16.3 Å². The van der Waals surface area contributed by atoms with Crippen molar-refractivity contribution in [3.05, 3.63) is 18.7 Å². The van der Waals surface area contributed by atoms with Crippen LogP contribution >= 0.6 is 24.0 Å². The molecule has 4 heterocycles. The summed E-state index contributed by atoms with van der Waals surface area (Å²) in [5.41, 5.74) is 1.25. The molecule has 1 N–H and O–H groups in total. The van der Waals surface area contributed by atoms with Gasteiger partial charge in [-0.05, 0) is 43.9 Å². The molecule has 4 rings (SSSR count). The predicted molar refractivity (Wildman–Crippen MR) is 132 cm³/mol. The van der Waals surface area contributed by atoms with Crippen LogP contribution in [-0.2, 0) is 0 Å². The molecule has 2 unspecified atom stereocenters. The predicted octanol–water partition coefficient (Wildman–Crippen LogP) is 3.05. The Balaban J connectivity index is 0.00000256. The van der Waals surface area contributed by atoms with Crippen LogP contribution in [0.4, 0.5) is 5.82 Å². The van der Waals surface area contributed by atoms with E-state index in [0.29, 0.717) is 11.3 Å². The van der Waals surface area contributed by atoms with E-state index in [0.717, 1.165) is 63.1 Å². The van der Waals surface area contributed by atoms with Gasteiger partial charge in [-0.25, -0.2) is 4.98 Å². The minimum absolute atomic E-state index is 0. The van der Waals surface area contributed by atoms with Gasteiger partial charge < -0.3 is 15.1 Å². The maximum Gasteiger partial charge on any atom is 0.203 e. The molecule has 2 saturated heterocycles. The largest absolute Gasteiger partial charge is 0.357 e. The van der Waals surface area contributed by atoms with E-state index in [1.165, 1.54) is 19.3 Å². The average Bonchev–Trinajstić information content (AvgIpc) is 3.38. The molecule has 2 aliphatic heterocycles. The summed E-state index contributed by atoms with van der Waals surface area (Å²) in [5, 5.41) is 11.8. The molecule has 0 spiro atoms. The summed E-state index contributed by atoms with van der Waals surface area (Å²) in [6.45, 7) is 12.8. The van der Waals surface area contributed by atoms with Gasteiger partial charge in [0.1, 0.15) is 6.33 Å². The molecule has 2 aromatic heterocycles. The maximum absolute atomic E-state index is 5.05. The number of halogens is 1. The molecule has 2 aromatic rings. The highest BCUT2D eigenvalue weighted by molar-refractivity contribution is 14.0. The second-order valence-electron chi connectivity index (χ2n) is 8.80. The lowest BCUT2D eigenvalue weighted by molar-refractivity contribution is 0.321. The van der Waals surface area contributed by atoms with Crippen molar-refractivity contribution in [2.45, 2.75) is 46.5 Å². The monoisotopic (exact) mass is 526 g/mol. The standard InChI is InChI=1S/C21H34N8.HI/c1-4-21(3)8-11-28(15-21)20(22-5-2)24-13-17-7-6-10-27(14-17)18-19-26-25-16-29(19)12-9-23-18;/h9,12,16-17H,4-8,10-11,13-15H2,1-3H3,(H,22,24);1H. The number of nitrogens with zero attached hydrogens (tertiary/aromatic N) is 7. The number of piperidine rings is 1. The summed E-state index contributed by atoms with van der Waals surface area (Å²) >= 11 is 0. The fourth-order valence-electron chi connectivity index (χ4n) is 4.51. The Kier molecular flexibility index (Phi) is 7.75. The normalized spacial score (nSPS) is 24.9. The zero-order chi connectivity index (χ0) is 20.3. The highest BCUT2D eigenvalue weighted by Crippen LogP contribution is 2.33. The lowest BCUT2D eigenvalue weighted by Crippen LogP contribution is -2.42. The molecule has 8 nitrogen and oxygen atoms in total. The van der Waals surface area contributed by atoms with Gasteiger partial charge in [-0.3, -0.25) is 9.39 Å². The number of nitrogens with one attached hydrogen (secondary N) is 1. The van der Waals surface area contributed by atoms with Crippen LogP contribution in [0.2, 0.25) is 0 Å². The third kappa shape index (κ3) is 4.97. The topological polar surface area (TPSA) is 74.0 Å². The first-order valence-corrected chi connectivity index (χ1v) is 11.0. The van der Waals surface area contributed by atoms with Gasteiger partial charge in [0.2, 0.25) is 5.65 Å². The van der Waals surface area contributed by atoms with Gasteiger partial charge in [-0.1, -0.05) is 13.8 Å². The lowest BCUT2D eigenvalue weighted by atomic mass is 9.87. The van der Waals surface area contributed by atoms with Gasteiger partial charge >= 0.3 is 0 Å². The molecule has 2 atom stereocenters. The second kappa shape index (κ2) is 10.1. The summed E-state index contributed by atoms with van der Waals surface area (Å²) in [7, 11) is 0. The van der Waals surface area contributed by atoms with Gasteiger partial charge in [-0.2, -0.15) is 0 Å². The van der Waals surface area contributed by atoms with Crippen LogP contribution < -0.4 is 10.2 Å². The van der Waals surface area contributed by atoms with Crippen molar-refractivity contribution in [3.8, 4) is 0 Å². The summed E-state index contributed by atoms with van der Waals surface area (Å²) < 4.78 is 1.94. The number of hydrogen-bond donors (Lipinski definition) is 1. The fraction of sp³-hybridized carbons (Fsp3) is 0.714. The molecule has 0 bridgehead atoms. The Morgan fingerprint density at radius 2 is 2.20 bits per heavy atom. The molecule has 0 radical (unpaired) electrons. The quantitative estimate of drug-likeness (QED) is 0.367. The first-order chi connectivity index (χ1) is 14.1. The van der Waals surface area contributed by atoms with E-state index < -0.39 is 0 Å². The Morgan fingerprint density at radius 1 is 1.33 bits per heavy atom. The van der Waals surface area contributed by atoms with E-state index in [4.69, 9.17) is 4.99 Å². The molecule has 2 aliphatic rings. The molecule has 30 heavy (non-hydrogen) atoms. The summed E-state index contributed by atoms with van der Waals surface area (Å²) in [5.74, 6) is 2.55. The molecule has 166 valence electrons. The molecule has 0 saturated carbocycles. The number of rotatable bonds is 5. The Bertz CT molecular complexity index is 852. The van der Waals surface area contributed by atoms with Gasteiger partial charge in [0.15, 0.2) is 11.8 Å².